The molecule has 0 spiro atoms. The summed E-state index contributed by atoms with van der Waals surface area (Å²) >= 11 is 1.98. The van der Waals surface area contributed by atoms with Gasteiger partial charge in [-0.1, -0.05) is 49.6 Å². The maximum atomic E-state index is 6.14. The molecule has 0 aromatic heterocycles. The van der Waals surface area contributed by atoms with Gasteiger partial charge in [0.05, 0.1) is 0 Å². The Morgan fingerprint density at radius 3 is 2.50 bits per heavy atom. The van der Waals surface area contributed by atoms with Gasteiger partial charge in [0.1, 0.15) is 0 Å². The molecule has 0 heterocycles. The van der Waals surface area contributed by atoms with Gasteiger partial charge in [0.25, 0.3) is 0 Å². The number of hydrogen-bond donors (Lipinski definition) is 1. The minimum Gasteiger partial charge on any atom is -0.323 e. The highest BCUT2D eigenvalue weighted by Crippen LogP contribution is 2.17. The molecule has 0 amide bonds. The molecular formula is C14H23NS. The van der Waals surface area contributed by atoms with Gasteiger partial charge in [-0.15, -0.1) is 0 Å². The lowest BCUT2D eigenvalue weighted by Crippen LogP contribution is -2.13. The molecule has 0 saturated heterocycles. The molecule has 1 unspecified atom stereocenters. The second-order valence-corrected chi connectivity index (χ2v) is 5.45. The summed E-state index contributed by atoms with van der Waals surface area (Å²) in [5, 5.41) is 0. The van der Waals surface area contributed by atoms with E-state index in [-0.39, 0.29) is 6.04 Å². The number of thioether (sulfide) groups is 1. The maximum absolute atomic E-state index is 6.14. The smallest absolute Gasteiger partial charge is 0.0386 e. The van der Waals surface area contributed by atoms with Gasteiger partial charge >= 0.3 is 0 Å². The van der Waals surface area contributed by atoms with Crippen LogP contribution in [0.25, 0.3) is 0 Å². The molecule has 0 aliphatic carbocycles. The van der Waals surface area contributed by atoms with Crippen molar-refractivity contribution in [3.05, 3.63) is 35.4 Å². The van der Waals surface area contributed by atoms with Crippen LogP contribution in [-0.2, 0) is 0 Å². The molecule has 16 heavy (non-hydrogen) atoms. The van der Waals surface area contributed by atoms with Crippen LogP contribution in [0.3, 0.4) is 0 Å². The second-order valence-electron chi connectivity index (χ2n) is 4.30. The van der Waals surface area contributed by atoms with Crippen LogP contribution in [0.15, 0.2) is 24.3 Å². The summed E-state index contributed by atoms with van der Waals surface area (Å²) in [7, 11) is 0. The number of aryl methyl sites for hydroxylation is 1. The van der Waals surface area contributed by atoms with E-state index in [1.165, 1.54) is 36.1 Å². The molecule has 0 saturated carbocycles. The summed E-state index contributed by atoms with van der Waals surface area (Å²) in [6, 6.07) is 8.75. The van der Waals surface area contributed by atoms with Gasteiger partial charge in [0, 0.05) is 11.8 Å². The third-order valence-corrected chi connectivity index (χ3v) is 3.87. The minimum absolute atomic E-state index is 0.187. The van der Waals surface area contributed by atoms with E-state index in [1.54, 1.807) is 0 Å². The van der Waals surface area contributed by atoms with E-state index in [0.717, 1.165) is 5.75 Å². The number of nitrogens with two attached hydrogens (primary N) is 1. The first kappa shape index (κ1) is 13.6. The summed E-state index contributed by atoms with van der Waals surface area (Å²) in [6.45, 7) is 4.34. The van der Waals surface area contributed by atoms with Crippen molar-refractivity contribution in [2.75, 3.05) is 11.5 Å². The van der Waals surface area contributed by atoms with Crippen molar-refractivity contribution >= 4 is 11.8 Å². The Labute approximate surface area is 104 Å². The van der Waals surface area contributed by atoms with Crippen LogP contribution < -0.4 is 5.73 Å². The average molecular weight is 237 g/mol. The predicted molar refractivity (Wildman–Crippen MR) is 75.0 cm³/mol. The zero-order valence-corrected chi connectivity index (χ0v) is 11.2. The molecule has 1 aromatic carbocycles. The summed E-state index contributed by atoms with van der Waals surface area (Å²) in [4.78, 5) is 0. The quantitative estimate of drug-likeness (QED) is 0.727. The Balaban J connectivity index is 2.24. The van der Waals surface area contributed by atoms with E-state index in [2.05, 4.69) is 38.1 Å². The Morgan fingerprint density at radius 2 is 1.88 bits per heavy atom. The van der Waals surface area contributed by atoms with E-state index >= 15 is 0 Å². The van der Waals surface area contributed by atoms with Gasteiger partial charge in [-0.3, -0.25) is 0 Å². The maximum Gasteiger partial charge on any atom is 0.0386 e. The van der Waals surface area contributed by atoms with Crippen LogP contribution in [-0.4, -0.2) is 11.5 Å². The molecule has 0 aliphatic heterocycles. The molecular weight excluding hydrogens is 214 g/mol. The fraction of sp³-hybridized carbons (Fsp3) is 0.571. The molecule has 0 fully saturated rings. The molecule has 2 heteroatoms. The molecule has 1 rings (SSSR count). The number of unbranched alkanes of at least 4 members (excludes halogenated alkanes) is 2. The first-order chi connectivity index (χ1) is 7.74. The molecule has 0 radical (unpaired) electrons. The highest BCUT2D eigenvalue weighted by Gasteiger charge is 2.04. The number of rotatable bonds is 7. The van der Waals surface area contributed by atoms with Gasteiger partial charge in [0.15, 0.2) is 0 Å². The third kappa shape index (κ3) is 5.04. The highest BCUT2D eigenvalue weighted by molar-refractivity contribution is 7.99. The van der Waals surface area contributed by atoms with Gasteiger partial charge in [-0.2, -0.15) is 11.8 Å². The predicted octanol–water partition coefficient (Wildman–Crippen LogP) is 3.92. The lowest BCUT2D eigenvalue weighted by Gasteiger charge is -2.11. The van der Waals surface area contributed by atoms with Crippen molar-refractivity contribution < 1.29 is 0 Å². The van der Waals surface area contributed by atoms with Crippen LogP contribution >= 0.6 is 11.8 Å². The standard InChI is InChI=1S/C14H23NS/c1-3-4-5-10-16-11-14(15)13-8-6-12(2)7-9-13/h6-9,14H,3-5,10-11,15H2,1-2H3. The summed E-state index contributed by atoms with van der Waals surface area (Å²) in [5.74, 6) is 2.28. The van der Waals surface area contributed by atoms with Gasteiger partial charge in [0.2, 0.25) is 0 Å². The van der Waals surface area contributed by atoms with Crippen molar-refractivity contribution in [3.63, 3.8) is 0 Å². The zero-order chi connectivity index (χ0) is 11.8. The Kier molecular flexibility index (Phi) is 6.58. The summed E-state index contributed by atoms with van der Waals surface area (Å²) in [6.07, 6.45) is 3.96. The van der Waals surface area contributed by atoms with Crippen molar-refractivity contribution in [2.45, 2.75) is 39.2 Å². The second kappa shape index (κ2) is 7.75. The molecule has 0 aliphatic rings. The lowest BCUT2D eigenvalue weighted by atomic mass is 10.1. The average Bonchev–Trinajstić information content (AvgIpc) is 2.29. The van der Waals surface area contributed by atoms with Crippen molar-refractivity contribution in [2.24, 2.45) is 5.73 Å². The Bertz CT molecular complexity index is 281. The molecule has 90 valence electrons. The first-order valence-corrected chi connectivity index (χ1v) is 7.29. The van der Waals surface area contributed by atoms with Crippen LogP contribution in [0, 0.1) is 6.92 Å². The molecule has 1 aromatic rings. The van der Waals surface area contributed by atoms with Crippen LogP contribution in [0.1, 0.15) is 43.4 Å². The number of benzene rings is 1. The van der Waals surface area contributed by atoms with Crippen LogP contribution in [0.5, 0.6) is 0 Å². The van der Waals surface area contributed by atoms with Gasteiger partial charge < -0.3 is 5.73 Å². The topological polar surface area (TPSA) is 26.0 Å². The molecule has 1 nitrogen and oxygen atoms in total. The van der Waals surface area contributed by atoms with Crippen molar-refractivity contribution in [1.82, 2.24) is 0 Å². The van der Waals surface area contributed by atoms with E-state index in [4.69, 9.17) is 5.73 Å². The zero-order valence-electron chi connectivity index (χ0n) is 10.4. The largest absolute Gasteiger partial charge is 0.323 e. The van der Waals surface area contributed by atoms with Gasteiger partial charge in [-0.25, -0.2) is 0 Å². The SMILES string of the molecule is CCCCCSCC(N)c1ccc(C)cc1. The Hall–Kier alpha value is -0.470. The van der Waals surface area contributed by atoms with E-state index in [9.17, 15) is 0 Å². The first-order valence-electron chi connectivity index (χ1n) is 6.14. The van der Waals surface area contributed by atoms with Crippen molar-refractivity contribution in [1.29, 1.82) is 0 Å². The highest BCUT2D eigenvalue weighted by atomic mass is 32.2. The molecule has 1 atom stereocenters. The summed E-state index contributed by atoms with van der Waals surface area (Å²) < 4.78 is 0. The Morgan fingerprint density at radius 1 is 1.19 bits per heavy atom. The normalized spacial score (nSPS) is 12.7. The molecule has 2 N–H and O–H groups in total. The number of hydrogen-bond acceptors (Lipinski definition) is 2. The fourth-order valence-electron chi connectivity index (χ4n) is 1.57. The van der Waals surface area contributed by atoms with Crippen LogP contribution in [0.2, 0.25) is 0 Å². The minimum atomic E-state index is 0.187. The molecule has 0 bridgehead atoms. The fourth-order valence-corrected chi connectivity index (χ4v) is 2.60. The van der Waals surface area contributed by atoms with E-state index in [1.807, 2.05) is 11.8 Å². The lowest BCUT2D eigenvalue weighted by molar-refractivity contribution is 0.775. The third-order valence-electron chi connectivity index (χ3n) is 2.70. The monoisotopic (exact) mass is 237 g/mol. The van der Waals surface area contributed by atoms with Gasteiger partial charge in [-0.05, 0) is 24.7 Å². The van der Waals surface area contributed by atoms with Crippen LogP contribution in [0.4, 0.5) is 0 Å². The van der Waals surface area contributed by atoms with Crippen molar-refractivity contribution in [3.8, 4) is 0 Å². The van der Waals surface area contributed by atoms with E-state index in [0.29, 0.717) is 0 Å². The van der Waals surface area contributed by atoms with E-state index < -0.39 is 0 Å². The summed E-state index contributed by atoms with van der Waals surface area (Å²) in [5.41, 5.74) is 8.69.